The molecule has 0 saturated carbocycles. The highest BCUT2D eigenvalue weighted by Crippen LogP contribution is 2.20. The van der Waals surface area contributed by atoms with Crippen molar-refractivity contribution in [2.24, 2.45) is 19.1 Å². The molecular formula is C36H37N7O3. The van der Waals surface area contributed by atoms with Crippen LogP contribution in [0, 0.1) is 0 Å². The molecule has 0 aliphatic heterocycles. The van der Waals surface area contributed by atoms with E-state index in [0.717, 1.165) is 17.0 Å². The van der Waals surface area contributed by atoms with Gasteiger partial charge in [0.05, 0.1) is 17.2 Å². The maximum Gasteiger partial charge on any atom is 0.272 e. The van der Waals surface area contributed by atoms with Gasteiger partial charge in [-0.05, 0) is 52.2 Å². The lowest BCUT2D eigenvalue weighted by Gasteiger charge is -2.07. The molecule has 0 radical (unpaired) electrons. The second-order valence-corrected chi connectivity index (χ2v) is 10.8. The van der Waals surface area contributed by atoms with Crippen molar-refractivity contribution in [2.45, 2.75) is 6.42 Å². The van der Waals surface area contributed by atoms with Crippen molar-refractivity contribution in [3.05, 3.63) is 119 Å². The minimum atomic E-state index is -0.374. The lowest BCUT2D eigenvalue weighted by Crippen LogP contribution is -2.30. The maximum atomic E-state index is 13.1. The average molecular weight is 616 g/mol. The minimum absolute atomic E-state index is 0.257. The summed E-state index contributed by atoms with van der Waals surface area (Å²) in [6, 6.07) is 25.1. The fourth-order valence-corrected chi connectivity index (χ4v) is 5.10. The average Bonchev–Trinajstić information content (AvgIpc) is 3.62. The van der Waals surface area contributed by atoms with Crippen LogP contribution in [0.5, 0.6) is 0 Å². The fraction of sp³-hybridized carbons (Fsp3) is 0.167. The highest BCUT2D eigenvalue weighted by Gasteiger charge is 2.17. The zero-order valence-electron chi connectivity index (χ0n) is 26.3. The molecule has 0 aliphatic rings. The molecule has 4 N–H and O–H groups in total. The number of amidine groups is 1. The Hall–Kier alpha value is -5.90. The number of amides is 3. The molecule has 10 nitrogen and oxygen atoms in total. The van der Waals surface area contributed by atoms with Gasteiger partial charge in [-0.1, -0.05) is 60.7 Å². The summed E-state index contributed by atoms with van der Waals surface area (Å²) < 4.78 is 3.29. The van der Waals surface area contributed by atoms with Gasteiger partial charge in [-0.15, -0.1) is 0 Å². The van der Waals surface area contributed by atoms with Gasteiger partial charge >= 0.3 is 0 Å². The second kappa shape index (κ2) is 14.3. The summed E-state index contributed by atoms with van der Waals surface area (Å²) in [6.45, 7) is 0.421. The van der Waals surface area contributed by atoms with Gasteiger partial charge in [0.1, 0.15) is 11.4 Å². The fourth-order valence-electron chi connectivity index (χ4n) is 5.10. The Morgan fingerprint density at radius 2 is 1.30 bits per heavy atom. The number of hydrogen-bond acceptors (Lipinski definition) is 4. The van der Waals surface area contributed by atoms with Crippen molar-refractivity contribution in [3.63, 3.8) is 0 Å². The van der Waals surface area contributed by atoms with Gasteiger partial charge in [-0.3, -0.25) is 19.4 Å². The maximum absolute atomic E-state index is 13.1. The number of rotatable bonds is 10. The summed E-state index contributed by atoms with van der Waals surface area (Å²) in [7, 11) is 6.94. The smallest absolute Gasteiger partial charge is 0.272 e. The Morgan fingerprint density at radius 3 is 1.96 bits per heavy atom. The topological polar surface area (TPSA) is 122 Å². The minimum Gasteiger partial charge on any atom is -0.377 e. The van der Waals surface area contributed by atoms with Crippen molar-refractivity contribution in [1.82, 2.24) is 19.8 Å². The summed E-state index contributed by atoms with van der Waals surface area (Å²) >= 11 is 0. The molecule has 2 aromatic heterocycles. The molecule has 0 bridgehead atoms. The standard InChI is InChI=1S/C36H37N7O3/c1-37-33(38-2)17-18-39-35(45)31-20-30(23-42(31)3)41-36(46)32-21-29(22-43(32)4)40-34(44)27-15-11-24(12-16-27)9-10-25-13-14-26-7-5-6-8-28(26)19-25/h5-16,19-23H,17-18H2,1-4H3,(H,37,38)(H,39,45)(H,40,44)(H,41,46)/b10-9+. The van der Waals surface area contributed by atoms with E-state index in [0.29, 0.717) is 41.3 Å². The van der Waals surface area contributed by atoms with E-state index in [2.05, 4.69) is 56.6 Å². The first-order valence-corrected chi connectivity index (χ1v) is 14.9. The molecule has 234 valence electrons. The Bertz CT molecular complexity index is 1950. The molecule has 0 atom stereocenters. The summed E-state index contributed by atoms with van der Waals surface area (Å²) in [5.41, 5.74) is 4.28. The quantitative estimate of drug-likeness (QED) is 0.0934. The molecule has 0 aliphatic carbocycles. The van der Waals surface area contributed by atoms with Gasteiger partial charge in [-0.2, -0.15) is 0 Å². The molecule has 0 saturated heterocycles. The lowest BCUT2D eigenvalue weighted by atomic mass is 10.1. The predicted molar refractivity (Wildman–Crippen MR) is 185 cm³/mol. The van der Waals surface area contributed by atoms with Crippen LogP contribution in [0.25, 0.3) is 22.9 Å². The molecule has 2 heterocycles. The van der Waals surface area contributed by atoms with E-state index in [4.69, 9.17) is 0 Å². The monoisotopic (exact) mass is 615 g/mol. The molecule has 46 heavy (non-hydrogen) atoms. The van der Waals surface area contributed by atoms with Gasteiger partial charge in [0, 0.05) is 59.1 Å². The van der Waals surface area contributed by atoms with Gasteiger partial charge in [0.25, 0.3) is 17.7 Å². The summed E-state index contributed by atoms with van der Waals surface area (Å²) in [5.74, 6) is -0.126. The highest BCUT2D eigenvalue weighted by atomic mass is 16.2. The third-order valence-electron chi connectivity index (χ3n) is 7.61. The Balaban J connectivity index is 1.17. The number of carbonyl (C=O) groups is 3. The molecule has 5 aromatic rings. The number of benzene rings is 3. The van der Waals surface area contributed by atoms with Crippen molar-refractivity contribution < 1.29 is 14.4 Å². The number of aromatic nitrogens is 2. The number of hydrogen-bond donors (Lipinski definition) is 4. The van der Waals surface area contributed by atoms with Crippen LogP contribution in [-0.2, 0) is 14.1 Å². The summed E-state index contributed by atoms with van der Waals surface area (Å²) in [5, 5.41) is 13.9. The molecular weight excluding hydrogens is 578 g/mol. The Kier molecular flexibility index (Phi) is 9.77. The molecule has 3 amide bonds. The van der Waals surface area contributed by atoms with Crippen molar-refractivity contribution in [2.75, 3.05) is 31.3 Å². The Morgan fingerprint density at radius 1 is 0.717 bits per heavy atom. The van der Waals surface area contributed by atoms with Gasteiger partial charge in [0.2, 0.25) is 0 Å². The highest BCUT2D eigenvalue weighted by molar-refractivity contribution is 6.07. The summed E-state index contributed by atoms with van der Waals surface area (Å²) in [4.78, 5) is 42.8. The summed E-state index contributed by atoms with van der Waals surface area (Å²) in [6.07, 6.45) is 7.99. The SMILES string of the molecule is CN=C(CCNC(=O)c1cc(NC(=O)c2cc(NC(=O)c3ccc(/C=C/c4ccc5ccccc5c4)cc3)cn2C)cn1C)NC. The van der Waals surface area contributed by atoms with Gasteiger partial charge < -0.3 is 30.4 Å². The third kappa shape index (κ3) is 7.59. The molecule has 3 aromatic carbocycles. The molecule has 0 fully saturated rings. The molecule has 10 heteroatoms. The van der Waals surface area contributed by atoms with E-state index in [1.54, 1.807) is 74.0 Å². The van der Waals surface area contributed by atoms with Crippen molar-refractivity contribution in [3.8, 4) is 0 Å². The van der Waals surface area contributed by atoms with Crippen molar-refractivity contribution >= 4 is 57.9 Å². The number of nitrogens with one attached hydrogen (secondary N) is 4. The zero-order valence-corrected chi connectivity index (χ0v) is 26.3. The van der Waals surface area contributed by atoms with Crippen LogP contribution in [0.3, 0.4) is 0 Å². The first-order valence-electron chi connectivity index (χ1n) is 14.9. The van der Waals surface area contributed by atoms with Crippen LogP contribution < -0.4 is 21.3 Å². The van der Waals surface area contributed by atoms with E-state index >= 15 is 0 Å². The van der Waals surface area contributed by atoms with Crippen LogP contribution in [0.2, 0.25) is 0 Å². The van der Waals surface area contributed by atoms with E-state index in [1.807, 2.05) is 36.4 Å². The lowest BCUT2D eigenvalue weighted by molar-refractivity contribution is 0.0945. The number of carbonyl (C=O) groups excluding carboxylic acids is 3. The van der Waals surface area contributed by atoms with Crippen molar-refractivity contribution in [1.29, 1.82) is 0 Å². The zero-order chi connectivity index (χ0) is 32.6. The third-order valence-corrected chi connectivity index (χ3v) is 7.61. The molecule has 0 unspecified atom stereocenters. The van der Waals surface area contributed by atoms with Crippen LogP contribution in [0.4, 0.5) is 11.4 Å². The van der Waals surface area contributed by atoms with E-state index in [9.17, 15) is 14.4 Å². The predicted octanol–water partition coefficient (Wildman–Crippen LogP) is 5.56. The van der Waals surface area contributed by atoms with Gasteiger partial charge in [0.15, 0.2) is 0 Å². The Labute approximate surface area is 267 Å². The van der Waals surface area contributed by atoms with Crippen LogP contribution in [0.1, 0.15) is 48.9 Å². The van der Waals surface area contributed by atoms with Crippen LogP contribution >= 0.6 is 0 Å². The number of fused-ring (bicyclic) bond motifs is 1. The normalized spacial score (nSPS) is 11.5. The van der Waals surface area contributed by atoms with E-state index in [-0.39, 0.29) is 17.7 Å². The largest absolute Gasteiger partial charge is 0.377 e. The van der Waals surface area contributed by atoms with Gasteiger partial charge in [-0.25, -0.2) is 0 Å². The van der Waals surface area contributed by atoms with Crippen LogP contribution in [-0.4, -0.2) is 53.3 Å². The first-order chi connectivity index (χ1) is 22.2. The van der Waals surface area contributed by atoms with E-state index < -0.39 is 0 Å². The first kappa shape index (κ1) is 31.5. The van der Waals surface area contributed by atoms with Crippen LogP contribution in [0.15, 0.2) is 96.2 Å². The number of anilines is 2. The molecule has 0 spiro atoms. The number of nitrogens with zero attached hydrogens (tertiary/aromatic N) is 3. The number of aryl methyl sites for hydroxylation is 2. The number of aliphatic imine (C=N–C) groups is 1. The van der Waals surface area contributed by atoms with E-state index in [1.165, 1.54) is 10.8 Å². The second-order valence-electron chi connectivity index (χ2n) is 10.8. The molecule has 5 rings (SSSR count).